The molecule has 1 aromatic carbocycles. The summed E-state index contributed by atoms with van der Waals surface area (Å²) in [5.41, 5.74) is -1.03. The molecule has 1 aliphatic heterocycles. The van der Waals surface area contributed by atoms with Gasteiger partial charge in [0.1, 0.15) is 6.04 Å². The van der Waals surface area contributed by atoms with E-state index in [4.69, 9.17) is 5.26 Å². The molecule has 2 rings (SSSR count). The number of alkyl halides is 3. The van der Waals surface area contributed by atoms with Crippen molar-refractivity contribution in [3.8, 4) is 6.07 Å². The van der Waals surface area contributed by atoms with Crippen LogP contribution in [0.1, 0.15) is 5.56 Å². The molecule has 5 nitrogen and oxygen atoms in total. The Balaban J connectivity index is 2.42. The molecule has 0 radical (unpaired) electrons. The van der Waals surface area contributed by atoms with Crippen LogP contribution in [0.5, 0.6) is 0 Å². The molecule has 0 bridgehead atoms. The van der Waals surface area contributed by atoms with Crippen molar-refractivity contribution in [2.75, 3.05) is 19.6 Å². The fourth-order valence-electron chi connectivity index (χ4n) is 2.05. The molecule has 0 amide bonds. The van der Waals surface area contributed by atoms with Crippen molar-refractivity contribution >= 4 is 10.0 Å². The van der Waals surface area contributed by atoms with Crippen LogP contribution < -0.4 is 5.32 Å². The molecule has 0 aromatic heterocycles. The predicted molar refractivity (Wildman–Crippen MR) is 67.6 cm³/mol. The number of sulfonamides is 1. The van der Waals surface area contributed by atoms with E-state index in [9.17, 15) is 21.6 Å². The predicted octanol–water partition coefficient (Wildman–Crippen LogP) is 1.19. The van der Waals surface area contributed by atoms with Gasteiger partial charge in [-0.05, 0) is 18.2 Å². The number of nitriles is 1. The van der Waals surface area contributed by atoms with E-state index < -0.39 is 32.7 Å². The number of nitrogens with zero attached hydrogens (tertiary/aromatic N) is 2. The lowest BCUT2D eigenvalue weighted by molar-refractivity contribution is -0.137. The Morgan fingerprint density at radius 1 is 1.38 bits per heavy atom. The molecule has 1 saturated heterocycles. The van der Waals surface area contributed by atoms with Gasteiger partial charge < -0.3 is 5.32 Å². The van der Waals surface area contributed by atoms with Gasteiger partial charge in [0.05, 0.1) is 16.5 Å². The van der Waals surface area contributed by atoms with Crippen LogP contribution in [0.3, 0.4) is 0 Å². The number of hydrogen-bond donors (Lipinski definition) is 1. The molecular formula is C12H12F3N3O2S. The smallest absolute Gasteiger partial charge is 0.313 e. The van der Waals surface area contributed by atoms with Crippen LogP contribution >= 0.6 is 0 Å². The van der Waals surface area contributed by atoms with E-state index in [1.54, 1.807) is 0 Å². The van der Waals surface area contributed by atoms with Gasteiger partial charge in [-0.25, -0.2) is 8.42 Å². The summed E-state index contributed by atoms with van der Waals surface area (Å²) in [6.07, 6.45) is -4.62. The van der Waals surface area contributed by atoms with Gasteiger partial charge >= 0.3 is 6.18 Å². The van der Waals surface area contributed by atoms with Crippen molar-refractivity contribution in [1.82, 2.24) is 9.62 Å². The minimum absolute atomic E-state index is 0.0385. The van der Waals surface area contributed by atoms with Gasteiger partial charge in [-0.15, -0.1) is 0 Å². The lowest BCUT2D eigenvalue weighted by Gasteiger charge is -2.31. The molecule has 1 fully saturated rings. The van der Waals surface area contributed by atoms with Crippen molar-refractivity contribution in [2.45, 2.75) is 17.1 Å². The number of piperazine rings is 1. The second-order valence-corrected chi connectivity index (χ2v) is 6.38. The summed E-state index contributed by atoms with van der Waals surface area (Å²) in [5, 5.41) is 11.8. The maximum absolute atomic E-state index is 12.7. The van der Waals surface area contributed by atoms with Gasteiger partial charge in [-0.3, -0.25) is 0 Å². The van der Waals surface area contributed by atoms with Gasteiger partial charge in [-0.1, -0.05) is 6.07 Å². The zero-order valence-electron chi connectivity index (χ0n) is 10.8. The molecule has 1 aromatic rings. The highest BCUT2D eigenvalue weighted by Crippen LogP contribution is 2.31. The molecule has 1 N–H and O–H groups in total. The van der Waals surface area contributed by atoms with Gasteiger partial charge in [0, 0.05) is 19.6 Å². The van der Waals surface area contributed by atoms with E-state index >= 15 is 0 Å². The molecule has 1 unspecified atom stereocenters. The summed E-state index contributed by atoms with van der Waals surface area (Å²) in [6, 6.07) is 4.44. The molecule has 114 valence electrons. The Morgan fingerprint density at radius 3 is 2.71 bits per heavy atom. The lowest BCUT2D eigenvalue weighted by atomic mass is 10.2. The van der Waals surface area contributed by atoms with Crippen molar-refractivity contribution in [3.05, 3.63) is 29.8 Å². The first-order chi connectivity index (χ1) is 9.76. The highest BCUT2D eigenvalue weighted by atomic mass is 32.2. The van der Waals surface area contributed by atoms with Crippen LogP contribution in [0.4, 0.5) is 13.2 Å². The number of hydrogen-bond acceptors (Lipinski definition) is 4. The lowest BCUT2D eigenvalue weighted by Crippen LogP contribution is -2.52. The Labute approximate surface area is 120 Å². The largest absolute Gasteiger partial charge is 0.416 e. The van der Waals surface area contributed by atoms with Gasteiger partial charge in [-0.2, -0.15) is 22.7 Å². The average Bonchev–Trinajstić information content (AvgIpc) is 2.46. The second kappa shape index (κ2) is 5.63. The highest BCUT2D eigenvalue weighted by molar-refractivity contribution is 7.89. The van der Waals surface area contributed by atoms with Crippen LogP contribution in [0.25, 0.3) is 0 Å². The summed E-state index contributed by atoms with van der Waals surface area (Å²) >= 11 is 0. The average molecular weight is 319 g/mol. The van der Waals surface area contributed by atoms with Crippen molar-refractivity contribution in [1.29, 1.82) is 5.26 Å². The van der Waals surface area contributed by atoms with Crippen LogP contribution in [0, 0.1) is 11.3 Å². The molecule has 21 heavy (non-hydrogen) atoms. The van der Waals surface area contributed by atoms with Gasteiger partial charge in [0.25, 0.3) is 0 Å². The first-order valence-electron chi connectivity index (χ1n) is 6.06. The van der Waals surface area contributed by atoms with Gasteiger partial charge in [0.2, 0.25) is 10.0 Å². The zero-order chi connectivity index (χ0) is 15.7. The van der Waals surface area contributed by atoms with E-state index in [-0.39, 0.29) is 13.1 Å². The summed E-state index contributed by atoms with van der Waals surface area (Å²) in [6.45, 7) is 0.530. The third kappa shape index (κ3) is 3.18. The van der Waals surface area contributed by atoms with E-state index in [0.29, 0.717) is 12.6 Å². The molecule has 9 heteroatoms. The Bertz CT molecular complexity index is 667. The van der Waals surface area contributed by atoms with E-state index in [2.05, 4.69) is 5.32 Å². The Kier molecular flexibility index (Phi) is 4.22. The Morgan fingerprint density at radius 2 is 2.10 bits per heavy atom. The van der Waals surface area contributed by atoms with Crippen molar-refractivity contribution < 1.29 is 21.6 Å². The molecule has 1 heterocycles. The number of halogens is 3. The van der Waals surface area contributed by atoms with Crippen molar-refractivity contribution in [3.63, 3.8) is 0 Å². The maximum atomic E-state index is 12.7. The van der Waals surface area contributed by atoms with Crippen LogP contribution in [0.15, 0.2) is 29.2 Å². The molecule has 0 spiro atoms. The third-order valence-corrected chi connectivity index (χ3v) is 5.02. The second-order valence-electron chi connectivity index (χ2n) is 4.49. The molecule has 1 atom stereocenters. The monoisotopic (exact) mass is 319 g/mol. The van der Waals surface area contributed by atoms with Crippen molar-refractivity contribution in [2.24, 2.45) is 0 Å². The van der Waals surface area contributed by atoms with Crippen LogP contribution in [0.2, 0.25) is 0 Å². The fraction of sp³-hybridized carbons (Fsp3) is 0.417. The molecule has 1 aliphatic rings. The summed E-state index contributed by atoms with van der Waals surface area (Å²) < 4.78 is 63.8. The SMILES string of the molecule is N#CC1CNCCN1S(=O)(=O)c1cccc(C(F)(F)F)c1. The summed E-state index contributed by atoms with van der Waals surface area (Å²) in [7, 11) is -4.14. The van der Waals surface area contributed by atoms with Gasteiger partial charge in [0.15, 0.2) is 0 Å². The van der Waals surface area contributed by atoms with Crippen LogP contribution in [-0.2, 0) is 16.2 Å². The minimum Gasteiger partial charge on any atom is -0.313 e. The number of benzene rings is 1. The standard InChI is InChI=1S/C12H12F3N3O2S/c13-12(14,15)9-2-1-3-11(6-9)21(19,20)18-5-4-17-8-10(18)7-16/h1-3,6,10,17H,4-5,8H2. The van der Waals surface area contributed by atoms with E-state index in [0.717, 1.165) is 22.5 Å². The highest BCUT2D eigenvalue weighted by Gasteiger charge is 2.36. The van der Waals surface area contributed by atoms with E-state index in [1.165, 1.54) is 0 Å². The number of rotatable bonds is 2. The van der Waals surface area contributed by atoms with Crippen LogP contribution in [-0.4, -0.2) is 38.4 Å². The minimum atomic E-state index is -4.62. The molecular weight excluding hydrogens is 307 g/mol. The first kappa shape index (κ1) is 15.8. The topological polar surface area (TPSA) is 73.2 Å². The fourth-order valence-corrected chi connectivity index (χ4v) is 3.64. The zero-order valence-corrected chi connectivity index (χ0v) is 11.6. The maximum Gasteiger partial charge on any atom is 0.416 e. The first-order valence-corrected chi connectivity index (χ1v) is 7.50. The molecule has 0 aliphatic carbocycles. The Hall–Kier alpha value is -1.63. The number of nitrogens with one attached hydrogen (secondary N) is 1. The normalized spacial score (nSPS) is 21.0. The third-order valence-electron chi connectivity index (χ3n) is 3.11. The quantitative estimate of drug-likeness (QED) is 0.889. The van der Waals surface area contributed by atoms with E-state index in [1.807, 2.05) is 6.07 Å². The molecule has 0 saturated carbocycles. The summed E-state index contributed by atoms with van der Waals surface area (Å²) in [4.78, 5) is -0.459. The summed E-state index contributed by atoms with van der Waals surface area (Å²) in [5.74, 6) is 0.